The molecule has 2 unspecified atom stereocenters. The number of ketones is 2. The number of Topliss-reactive ketones (excluding diaryl/α,β-unsaturated/α-hetero) is 2. The van der Waals surface area contributed by atoms with Crippen LogP contribution in [0.3, 0.4) is 0 Å². The number of carbonyl (C=O) groups is 2. The maximum absolute atomic E-state index is 12.2. The molecular formula is C17H21NO3. The van der Waals surface area contributed by atoms with Crippen molar-refractivity contribution in [1.82, 2.24) is 5.32 Å². The molecule has 0 heterocycles. The van der Waals surface area contributed by atoms with Crippen LogP contribution in [0.1, 0.15) is 38.2 Å². The predicted octanol–water partition coefficient (Wildman–Crippen LogP) is 1.94. The standard InChI is InChI=1S/C17H21NO3/c1-11(12(2)19)18-10-15-16(20)8-14(9-17(15)21)13-6-4-3-5-7-13/h3-7,10-12,14,18-19H,8-9H2,1-2H3. The van der Waals surface area contributed by atoms with E-state index in [0.29, 0.717) is 12.8 Å². The van der Waals surface area contributed by atoms with E-state index in [-0.39, 0.29) is 29.1 Å². The van der Waals surface area contributed by atoms with Crippen molar-refractivity contribution >= 4 is 11.6 Å². The maximum Gasteiger partial charge on any atom is 0.168 e. The van der Waals surface area contributed by atoms with Crippen molar-refractivity contribution in [2.75, 3.05) is 0 Å². The molecule has 0 aliphatic heterocycles. The van der Waals surface area contributed by atoms with E-state index < -0.39 is 6.10 Å². The highest BCUT2D eigenvalue weighted by Crippen LogP contribution is 2.31. The van der Waals surface area contributed by atoms with E-state index in [9.17, 15) is 14.7 Å². The van der Waals surface area contributed by atoms with E-state index in [0.717, 1.165) is 5.56 Å². The molecule has 0 amide bonds. The van der Waals surface area contributed by atoms with E-state index in [2.05, 4.69) is 5.32 Å². The van der Waals surface area contributed by atoms with Gasteiger partial charge < -0.3 is 10.4 Å². The van der Waals surface area contributed by atoms with Crippen LogP contribution in [0.5, 0.6) is 0 Å². The van der Waals surface area contributed by atoms with Gasteiger partial charge in [-0.25, -0.2) is 0 Å². The Morgan fingerprint density at radius 3 is 2.24 bits per heavy atom. The molecule has 1 aliphatic carbocycles. The molecular weight excluding hydrogens is 266 g/mol. The van der Waals surface area contributed by atoms with Crippen molar-refractivity contribution in [2.24, 2.45) is 0 Å². The topological polar surface area (TPSA) is 66.4 Å². The molecule has 1 aliphatic rings. The van der Waals surface area contributed by atoms with Gasteiger partial charge in [-0.15, -0.1) is 0 Å². The van der Waals surface area contributed by atoms with Crippen LogP contribution in [-0.2, 0) is 9.59 Å². The minimum Gasteiger partial charge on any atom is -0.391 e. The van der Waals surface area contributed by atoms with Gasteiger partial charge in [0, 0.05) is 25.1 Å². The average molecular weight is 287 g/mol. The van der Waals surface area contributed by atoms with Crippen LogP contribution in [0.25, 0.3) is 0 Å². The van der Waals surface area contributed by atoms with E-state index in [1.54, 1.807) is 13.8 Å². The first-order valence-electron chi connectivity index (χ1n) is 7.24. The summed E-state index contributed by atoms with van der Waals surface area (Å²) in [5, 5.41) is 12.3. The van der Waals surface area contributed by atoms with Gasteiger partial charge in [-0.1, -0.05) is 30.3 Å². The van der Waals surface area contributed by atoms with Crippen LogP contribution in [-0.4, -0.2) is 28.8 Å². The summed E-state index contributed by atoms with van der Waals surface area (Å²) in [6.07, 6.45) is 1.62. The molecule has 1 fully saturated rings. The SMILES string of the molecule is CC(O)C(C)NC=C1C(=O)CC(c2ccccc2)CC1=O. The number of rotatable bonds is 4. The fourth-order valence-corrected chi connectivity index (χ4v) is 2.37. The molecule has 2 rings (SSSR count). The zero-order chi connectivity index (χ0) is 15.4. The normalized spacial score (nSPS) is 21.9. The fourth-order valence-electron chi connectivity index (χ4n) is 2.37. The molecule has 2 N–H and O–H groups in total. The van der Waals surface area contributed by atoms with E-state index in [1.165, 1.54) is 6.20 Å². The third-order valence-electron chi connectivity index (χ3n) is 3.95. The number of aliphatic hydroxyl groups is 1. The van der Waals surface area contributed by atoms with Crippen molar-refractivity contribution in [3.63, 3.8) is 0 Å². The fraction of sp³-hybridized carbons (Fsp3) is 0.412. The van der Waals surface area contributed by atoms with Crippen molar-refractivity contribution in [1.29, 1.82) is 0 Å². The lowest BCUT2D eigenvalue weighted by Gasteiger charge is -2.23. The zero-order valence-corrected chi connectivity index (χ0v) is 12.4. The lowest BCUT2D eigenvalue weighted by molar-refractivity contribution is -0.124. The summed E-state index contributed by atoms with van der Waals surface area (Å²) in [4.78, 5) is 24.4. The lowest BCUT2D eigenvalue weighted by Crippen LogP contribution is -2.34. The van der Waals surface area contributed by atoms with E-state index in [4.69, 9.17) is 0 Å². The zero-order valence-electron chi connectivity index (χ0n) is 12.4. The van der Waals surface area contributed by atoms with Gasteiger partial charge in [-0.2, -0.15) is 0 Å². The lowest BCUT2D eigenvalue weighted by atomic mass is 9.80. The van der Waals surface area contributed by atoms with Crippen LogP contribution < -0.4 is 5.32 Å². The Bertz CT molecular complexity index is 528. The van der Waals surface area contributed by atoms with Gasteiger partial charge in [0.05, 0.1) is 11.7 Å². The molecule has 0 bridgehead atoms. The van der Waals surface area contributed by atoms with Gasteiger partial charge in [0.2, 0.25) is 0 Å². The molecule has 0 radical (unpaired) electrons. The number of hydrogen-bond acceptors (Lipinski definition) is 4. The van der Waals surface area contributed by atoms with Crippen LogP contribution in [0.15, 0.2) is 42.1 Å². The van der Waals surface area contributed by atoms with E-state index >= 15 is 0 Å². The number of hydrogen-bond donors (Lipinski definition) is 2. The molecule has 2 atom stereocenters. The highest BCUT2D eigenvalue weighted by atomic mass is 16.3. The highest BCUT2D eigenvalue weighted by Gasteiger charge is 2.31. The van der Waals surface area contributed by atoms with Crippen LogP contribution in [0.2, 0.25) is 0 Å². The molecule has 4 nitrogen and oxygen atoms in total. The molecule has 0 spiro atoms. The quantitative estimate of drug-likeness (QED) is 0.656. The second-order valence-electron chi connectivity index (χ2n) is 5.62. The highest BCUT2D eigenvalue weighted by molar-refractivity contribution is 6.22. The Hall–Kier alpha value is -1.94. The Labute approximate surface area is 124 Å². The first kappa shape index (κ1) is 15.4. The van der Waals surface area contributed by atoms with Gasteiger partial charge in [0.1, 0.15) is 0 Å². The van der Waals surface area contributed by atoms with Gasteiger partial charge in [0.25, 0.3) is 0 Å². The summed E-state index contributed by atoms with van der Waals surface area (Å²) in [6.45, 7) is 3.46. The summed E-state index contributed by atoms with van der Waals surface area (Å²) >= 11 is 0. The Morgan fingerprint density at radius 1 is 1.14 bits per heavy atom. The molecule has 0 saturated heterocycles. The van der Waals surface area contributed by atoms with Gasteiger partial charge in [-0.05, 0) is 25.3 Å². The monoisotopic (exact) mass is 287 g/mol. The minimum absolute atomic E-state index is 0.0301. The third-order valence-corrected chi connectivity index (χ3v) is 3.95. The molecule has 1 aromatic rings. The molecule has 0 aromatic heterocycles. The molecule has 1 saturated carbocycles. The number of carbonyl (C=O) groups excluding carboxylic acids is 2. The minimum atomic E-state index is -0.548. The number of benzene rings is 1. The molecule has 112 valence electrons. The smallest absolute Gasteiger partial charge is 0.168 e. The second-order valence-corrected chi connectivity index (χ2v) is 5.62. The number of nitrogens with one attached hydrogen (secondary N) is 1. The summed E-state index contributed by atoms with van der Waals surface area (Å²) in [7, 11) is 0. The Kier molecular flexibility index (Phi) is 4.91. The van der Waals surface area contributed by atoms with Gasteiger partial charge >= 0.3 is 0 Å². The van der Waals surface area contributed by atoms with Gasteiger partial charge in [0.15, 0.2) is 11.6 Å². The van der Waals surface area contributed by atoms with Crippen molar-refractivity contribution in [2.45, 2.75) is 44.8 Å². The third kappa shape index (κ3) is 3.79. The number of allylic oxidation sites excluding steroid dienone is 1. The summed E-state index contributed by atoms with van der Waals surface area (Å²) in [5.74, 6) is -0.298. The van der Waals surface area contributed by atoms with Crippen molar-refractivity contribution in [3.05, 3.63) is 47.7 Å². The summed E-state index contributed by atoms with van der Waals surface area (Å²) < 4.78 is 0. The first-order valence-corrected chi connectivity index (χ1v) is 7.24. The molecule has 1 aromatic carbocycles. The van der Waals surface area contributed by atoms with Crippen LogP contribution in [0, 0.1) is 0 Å². The summed E-state index contributed by atoms with van der Waals surface area (Å²) in [6, 6.07) is 9.46. The number of aliphatic hydroxyl groups excluding tert-OH is 1. The Balaban J connectivity index is 2.08. The Morgan fingerprint density at radius 2 is 1.71 bits per heavy atom. The van der Waals surface area contributed by atoms with Crippen LogP contribution in [0.4, 0.5) is 0 Å². The largest absolute Gasteiger partial charge is 0.391 e. The molecule has 4 heteroatoms. The van der Waals surface area contributed by atoms with E-state index in [1.807, 2.05) is 30.3 Å². The summed E-state index contributed by atoms with van der Waals surface area (Å²) in [5.41, 5.74) is 1.25. The van der Waals surface area contributed by atoms with Crippen LogP contribution >= 0.6 is 0 Å². The van der Waals surface area contributed by atoms with Crippen molar-refractivity contribution in [3.8, 4) is 0 Å². The van der Waals surface area contributed by atoms with Gasteiger partial charge in [-0.3, -0.25) is 9.59 Å². The van der Waals surface area contributed by atoms with Crippen molar-refractivity contribution < 1.29 is 14.7 Å². The maximum atomic E-state index is 12.2. The predicted molar refractivity (Wildman–Crippen MR) is 80.8 cm³/mol. The second kappa shape index (κ2) is 6.68. The first-order chi connectivity index (χ1) is 9.99. The molecule has 21 heavy (non-hydrogen) atoms. The average Bonchev–Trinajstić information content (AvgIpc) is 2.46.